The van der Waals surface area contributed by atoms with Crippen LogP contribution >= 0.6 is 0 Å². The fourth-order valence-electron chi connectivity index (χ4n) is 4.09. The number of carbonyl (C=O) groups is 2. The lowest BCUT2D eigenvalue weighted by Crippen LogP contribution is -2.10. The molecule has 0 fully saturated rings. The van der Waals surface area contributed by atoms with Crippen LogP contribution in [0.4, 0.5) is 17.1 Å². The van der Waals surface area contributed by atoms with E-state index >= 15 is 0 Å². The monoisotopic (exact) mass is 583 g/mol. The zero-order chi connectivity index (χ0) is 31.3. The SMILES string of the molecule is C=C/C=C\C=C/COc1ccc(N(c2ccc(OC(=O)C=C)cc2)c2ccc(-c3ccc(OC(=O)C(=C)C)cc3)cc2)cc1. The Morgan fingerprint density at radius 2 is 1.14 bits per heavy atom. The number of nitrogens with zero attached hydrogens (tertiary/aromatic N) is 1. The maximum Gasteiger partial charge on any atom is 0.338 e. The van der Waals surface area contributed by atoms with Crippen LogP contribution in [0.5, 0.6) is 17.2 Å². The van der Waals surface area contributed by atoms with Crippen LogP contribution in [-0.2, 0) is 9.59 Å². The Morgan fingerprint density at radius 1 is 0.659 bits per heavy atom. The fraction of sp³-hybridized carbons (Fsp3) is 0.0526. The van der Waals surface area contributed by atoms with E-state index in [4.69, 9.17) is 14.2 Å². The molecule has 0 aromatic heterocycles. The first kappa shape index (κ1) is 31.1. The summed E-state index contributed by atoms with van der Waals surface area (Å²) in [4.78, 5) is 25.6. The number of allylic oxidation sites excluding steroid dienone is 4. The summed E-state index contributed by atoms with van der Waals surface area (Å²) in [5, 5.41) is 0. The number of esters is 2. The molecule has 0 radical (unpaired) electrons. The van der Waals surface area contributed by atoms with Crippen LogP contribution in [0.3, 0.4) is 0 Å². The van der Waals surface area contributed by atoms with Gasteiger partial charge in [0.05, 0.1) is 0 Å². The average molecular weight is 584 g/mol. The maximum atomic E-state index is 11.8. The Balaban J connectivity index is 1.58. The molecule has 0 heterocycles. The molecule has 0 aliphatic carbocycles. The van der Waals surface area contributed by atoms with Crippen molar-refractivity contribution in [2.45, 2.75) is 6.92 Å². The van der Waals surface area contributed by atoms with Crippen molar-refractivity contribution in [3.63, 3.8) is 0 Å². The predicted molar refractivity (Wildman–Crippen MR) is 177 cm³/mol. The fourth-order valence-corrected chi connectivity index (χ4v) is 4.09. The zero-order valence-corrected chi connectivity index (χ0v) is 24.5. The van der Waals surface area contributed by atoms with Crippen LogP contribution in [0.2, 0.25) is 0 Å². The van der Waals surface area contributed by atoms with Crippen molar-refractivity contribution in [1.29, 1.82) is 0 Å². The van der Waals surface area contributed by atoms with Crippen molar-refractivity contribution in [1.82, 2.24) is 0 Å². The molecule has 220 valence electrons. The summed E-state index contributed by atoms with van der Waals surface area (Å²) in [6.07, 6.45) is 10.4. The van der Waals surface area contributed by atoms with Crippen LogP contribution in [0, 0.1) is 0 Å². The molecule has 0 aliphatic rings. The molecule has 0 unspecified atom stereocenters. The van der Waals surface area contributed by atoms with E-state index in [0.717, 1.165) is 40.0 Å². The van der Waals surface area contributed by atoms with Crippen LogP contribution in [0.15, 0.2) is 159 Å². The smallest absolute Gasteiger partial charge is 0.338 e. The van der Waals surface area contributed by atoms with Crippen LogP contribution in [0.25, 0.3) is 11.1 Å². The van der Waals surface area contributed by atoms with Crippen molar-refractivity contribution in [3.8, 4) is 28.4 Å². The predicted octanol–water partition coefficient (Wildman–Crippen LogP) is 9.07. The van der Waals surface area contributed by atoms with Gasteiger partial charge in [0.1, 0.15) is 23.9 Å². The quantitative estimate of drug-likeness (QED) is 0.0677. The number of ether oxygens (including phenoxy) is 3. The molecule has 6 heteroatoms. The van der Waals surface area contributed by atoms with E-state index in [1.165, 1.54) is 0 Å². The van der Waals surface area contributed by atoms with E-state index in [1.807, 2.05) is 97.1 Å². The first-order valence-corrected chi connectivity index (χ1v) is 13.9. The highest BCUT2D eigenvalue weighted by Crippen LogP contribution is 2.37. The Labute approximate surface area is 258 Å². The summed E-state index contributed by atoms with van der Waals surface area (Å²) in [6.45, 7) is 12.8. The number of hydrogen-bond acceptors (Lipinski definition) is 6. The highest BCUT2D eigenvalue weighted by atomic mass is 16.5. The molecule has 0 saturated heterocycles. The molecule has 0 saturated carbocycles. The second-order valence-electron chi connectivity index (χ2n) is 9.55. The number of benzene rings is 4. The molecule has 4 aromatic rings. The minimum atomic E-state index is -0.519. The number of rotatable bonds is 13. The third kappa shape index (κ3) is 8.57. The Kier molecular flexibility index (Phi) is 10.9. The van der Waals surface area contributed by atoms with E-state index in [1.54, 1.807) is 37.3 Å². The molecule has 0 amide bonds. The Hall–Kier alpha value is -5.88. The van der Waals surface area contributed by atoms with E-state index in [2.05, 4.69) is 24.6 Å². The summed E-state index contributed by atoms with van der Waals surface area (Å²) >= 11 is 0. The molecular formula is C38H33NO5. The lowest BCUT2D eigenvalue weighted by molar-refractivity contribution is -0.130. The maximum absolute atomic E-state index is 11.8. The third-order valence-electron chi connectivity index (χ3n) is 6.29. The second-order valence-corrected chi connectivity index (χ2v) is 9.55. The molecule has 44 heavy (non-hydrogen) atoms. The summed E-state index contributed by atoms with van der Waals surface area (Å²) < 4.78 is 16.4. The third-order valence-corrected chi connectivity index (χ3v) is 6.29. The second kappa shape index (κ2) is 15.4. The number of anilines is 3. The molecular weight excluding hydrogens is 550 g/mol. The van der Waals surface area contributed by atoms with Gasteiger partial charge in [-0.2, -0.15) is 0 Å². The topological polar surface area (TPSA) is 65.1 Å². The van der Waals surface area contributed by atoms with Crippen LogP contribution in [-0.4, -0.2) is 18.5 Å². The van der Waals surface area contributed by atoms with Gasteiger partial charge in [0, 0.05) is 28.7 Å². The lowest BCUT2D eigenvalue weighted by Gasteiger charge is -2.26. The highest BCUT2D eigenvalue weighted by molar-refractivity contribution is 5.89. The summed E-state index contributed by atoms with van der Waals surface area (Å²) in [7, 11) is 0. The highest BCUT2D eigenvalue weighted by Gasteiger charge is 2.14. The molecule has 0 N–H and O–H groups in total. The van der Waals surface area contributed by atoms with E-state index in [9.17, 15) is 9.59 Å². The van der Waals surface area contributed by atoms with Gasteiger partial charge in [0.15, 0.2) is 0 Å². The van der Waals surface area contributed by atoms with E-state index in [-0.39, 0.29) is 0 Å². The standard InChI is InChI=1S/C38H33NO5/c1-5-7-8-9-10-27-42-34-23-17-32(18-24-34)39(33-19-25-35(26-20-33)43-37(40)6-2)31-15-11-29(12-16-31)30-13-21-36(22-14-30)44-38(41)28(3)4/h5-26H,1-3,27H2,4H3/b8-7-,10-9-. The molecule has 0 spiro atoms. The Morgan fingerprint density at radius 3 is 1.66 bits per heavy atom. The molecule has 0 bridgehead atoms. The van der Waals surface area contributed by atoms with Crippen molar-refractivity contribution in [2.75, 3.05) is 11.5 Å². The first-order valence-electron chi connectivity index (χ1n) is 13.9. The molecule has 4 rings (SSSR count). The first-order chi connectivity index (χ1) is 21.4. The van der Waals surface area contributed by atoms with Crippen LogP contribution < -0.4 is 19.1 Å². The van der Waals surface area contributed by atoms with Crippen molar-refractivity contribution in [3.05, 3.63) is 159 Å². The number of hydrogen-bond donors (Lipinski definition) is 0. The van der Waals surface area contributed by atoms with Gasteiger partial charge in [-0.15, -0.1) is 0 Å². The number of carbonyl (C=O) groups excluding carboxylic acids is 2. The van der Waals surface area contributed by atoms with Gasteiger partial charge in [-0.3, -0.25) is 0 Å². The molecule has 4 aromatic carbocycles. The lowest BCUT2D eigenvalue weighted by atomic mass is 10.0. The van der Waals surface area contributed by atoms with Gasteiger partial charge in [-0.05, 0) is 96.9 Å². The van der Waals surface area contributed by atoms with Gasteiger partial charge in [-0.1, -0.05) is 68.3 Å². The zero-order valence-electron chi connectivity index (χ0n) is 24.5. The minimum Gasteiger partial charge on any atom is -0.490 e. The van der Waals surface area contributed by atoms with Gasteiger partial charge in [0.25, 0.3) is 0 Å². The minimum absolute atomic E-state index is 0.341. The van der Waals surface area contributed by atoms with Gasteiger partial charge >= 0.3 is 11.9 Å². The van der Waals surface area contributed by atoms with E-state index in [0.29, 0.717) is 23.7 Å². The van der Waals surface area contributed by atoms with Gasteiger partial charge in [-0.25, -0.2) is 9.59 Å². The largest absolute Gasteiger partial charge is 0.490 e. The Bertz CT molecular complexity index is 1660. The molecule has 0 atom stereocenters. The van der Waals surface area contributed by atoms with Crippen molar-refractivity contribution in [2.24, 2.45) is 0 Å². The summed E-state index contributed by atoms with van der Waals surface area (Å²) in [5.41, 5.74) is 5.01. The van der Waals surface area contributed by atoms with Crippen molar-refractivity contribution >= 4 is 29.0 Å². The van der Waals surface area contributed by atoms with Gasteiger partial charge in [0.2, 0.25) is 0 Å². The van der Waals surface area contributed by atoms with Gasteiger partial charge < -0.3 is 19.1 Å². The molecule has 6 nitrogen and oxygen atoms in total. The summed E-state index contributed by atoms with van der Waals surface area (Å²) in [6, 6.07) is 30.5. The van der Waals surface area contributed by atoms with E-state index < -0.39 is 11.9 Å². The van der Waals surface area contributed by atoms with Crippen molar-refractivity contribution < 1.29 is 23.8 Å². The summed E-state index contributed by atoms with van der Waals surface area (Å²) in [5.74, 6) is 0.646. The normalized spacial score (nSPS) is 10.8. The average Bonchev–Trinajstić information content (AvgIpc) is 3.05. The molecule has 0 aliphatic heterocycles. The van der Waals surface area contributed by atoms with Crippen LogP contribution in [0.1, 0.15) is 6.92 Å².